The van der Waals surface area contributed by atoms with Crippen LogP contribution in [0.2, 0.25) is 0 Å². The summed E-state index contributed by atoms with van der Waals surface area (Å²) >= 11 is 0. The molecule has 0 radical (unpaired) electrons. The number of fused-ring (bicyclic) bond motifs is 1. The highest BCUT2D eigenvalue weighted by Gasteiger charge is 2.22. The molecule has 1 aliphatic carbocycles. The fourth-order valence-electron chi connectivity index (χ4n) is 3.13. The van der Waals surface area contributed by atoms with Crippen molar-refractivity contribution in [2.45, 2.75) is 55.9 Å². The normalized spacial score (nSPS) is 20.2. The molecule has 20 heavy (non-hydrogen) atoms. The molecule has 1 aliphatic heterocycles. The molecule has 0 spiro atoms. The number of sulfonamides is 1. The number of benzene rings is 1. The Morgan fingerprint density at radius 2 is 1.90 bits per heavy atom. The Kier molecular flexibility index (Phi) is 3.98. The van der Waals surface area contributed by atoms with E-state index in [4.69, 9.17) is 0 Å². The van der Waals surface area contributed by atoms with E-state index in [1.165, 1.54) is 6.42 Å². The van der Waals surface area contributed by atoms with Crippen molar-refractivity contribution < 1.29 is 8.42 Å². The van der Waals surface area contributed by atoms with Crippen molar-refractivity contribution in [3.63, 3.8) is 0 Å². The lowest BCUT2D eigenvalue weighted by Crippen LogP contribution is -2.36. The van der Waals surface area contributed by atoms with E-state index in [-0.39, 0.29) is 6.04 Å². The molecular formula is C15H22N2O2S. The minimum Gasteiger partial charge on any atom is -0.385 e. The minimum atomic E-state index is -3.37. The number of nitrogens with one attached hydrogen (secondary N) is 2. The number of rotatable bonds is 3. The Bertz CT molecular complexity index is 578. The summed E-state index contributed by atoms with van der Waals surface area (Å²) in [4.78, 5) is 0.408. The van der Waals surface area contributed by atoms with Gasteiger partial charge in [0.05, 0.1) is 4.90 Å². The van der Waals surface area contributed by atoms with Crippen molar-refractivity contribution in [3.8, 4) is 0 Å². The molecule has 0 unspecified atom stereocenters. The van der Waals surface area contributed by atoms with E-state index < -0.39 is 10.0 Å². The molecule has 4 nitrogen and oxygen atoms in total. The van der Waals surface area contributed by atoms with E-state index in [1.54, 1.807) is 6.07 Å². The lowest BCUT2D eigenvalue weighted by Gasteiger charge is -2.23. The first kappa shape index (κ1) is 13.9. The monoisotopic (exact) mass is 294 g/mol. The Morgan fingerprint density at radius 1 is 1.10 bits per heavy atom. The van der Waals surface area contributed by atoms with E-state index in [0.29, 0.717) is 4.90 Å². The maximum absolute atomic E-state index is 12.5. The van der Waals surface area contributed by atoms with E-state index in [1.807, 2.05) is 12.1 Å². The third kappa shape index (κ3) is 2.99. The van der Waals surface area contributed by atoms with Gasteiger partial charge in [-0.15, -0.1) is 0 Å². The van der Waals surface area contributed by atoms with Crippen LogP contribution in [0.15, 0.2) is 23.1 Å². The fourth-order valence-corrected chi connectivity index (χ4v) is 4.48. The maximum Gasteiger partial charge on any atom is 0.240 e. The highest BCUT2D eigenvalue weighted by atomic mass is 32.2. The molecule has 0 amide bonds. The third-order valence-corrected chi connectivity index (χ3v) is 5.77. The number of anilines is 1. The molecule has 0 atom stereocenters. The molecule has 0 saturated heterocycles. The van der Waals surface area contributed by atoms with Crippen LogP contribution in [0.25, 0.3) is 0 Å². The van der Waals surface area contributed by atoms with Crippen LogP contribution in [0.5, 0.6) is 0 Å². The van der Waals surface area contributed by atoms with E-state index in [9.17, 15) is 8.42 Å². The molecule has 1 fully saturated rings. The molecule has 0 bridgehead atoms. The molecule has 1 saturated carbocycles. The van der Waals surface area contributed by atoms with Crippen LogP contribution in [0.1, 0.15) is 44.1 Å². The molecule has 110 valence electrons. The summed E-state index contributed by atoms with van der Waals surface area (Å²) in [7, 11) is -3.37. The topological polar surface area (TPSA) is 58.2 Å². The van der Waals surface area contributed by atoms with Crippen LogP contribution >= 0.6 is 0 Å². The predicted molar refractivity (Wildman–Crippen MR) is 80.4 cm³/mol. The van der Waals surface area contributed by atoms with Gasteiger partial charge in [-0.2, -0.15) is 0 Å². The molecule has 1 aromatic carbocycles. The van der Waals surface area contributed by atoms with Gasteiger partial charge >= 0.3 is 0 Å². The van der Waals surface area contributed by atoms with Crippen molar-refractivity contribution in [3.05, 3.63) is 23.8 Å². The highest BCUT2D eigenvalue weighted by molar-refractivity contribution is 7.89. The van der Waals surface area contributed by atoms with Crippen molar-refractivity contribution >= 4 is 15.7 Å². The Balaban J connectivity index is 1.79. The van der Waals surface area contributed by atoms with Gasteiger partial charge in [0.2, 0.25) is 10.0 Å². The SMILES string of the molecule is O=S(=O)(NC1CCCCC1)c1ccc2c(c1)CCCN2. The summed E-state index contributed by atoms with van der Waals surface area (Å²) < 4.78 is 27.8. The smallest absolute Gasteiger partial charge is 0.240 e. The van der Waals surface area contributed by atoms with E-state index >= 15 is 0 Å². The van der Waals surface area contributed by atoms with Crippen molar-refractivity contribution in [1.29, 1.82) is 0 Å². The van der Waals surface area contributed by atoms with Crippen LogP contribution in [0, 0.1) is 0 Å². The zero-order valence-corrected chi connectivity index (χ0v) is 12.5. The van der Waals surface area contributed by atoms with Gasteiger partial charge in [-0.05, 0) is 49.4 Å². The molecule has 1 aromatic rings. The van der Waals surface area contributed by atoms with Gasteiger partial charge in [0.25, 0.3) is 0 Å². The van der Waals surface area contributed by atoms with E-state index in [0.717, 1.165) is 56.3 Å². The standard InChI is InChI=1S/C15H22N2O2S/c18-20(19,17-13-6-2-1-3-7-13)14-8-9-15-12(11-14)5-4-10-16-15/h8-9,11,13,16-17H,1-7,10H2. The van der Waals surface area contributed by atoms with Crippen LogP contribution in [0.4, 0.5) is 5.69 Å². The lowest BCUT2D eigenvalue weighted by atomic mass is 9.96. The Hall–Kier alpha value is -1.07. The summed E-state index contributed by atoms with van der Waals surface area (Å²) in [5.74, 6) is 0. The fraction of sp³-hybridized carbons (Fsp3) is 0.600. The van der Waals surface area contributed by atoms with Gasteiger partial charge in [0, 0.05) is 18.3 Å². The average Bonchev–Trinajstić information content (AvgIpc) is 2.47. The molecular weight excluding hydrogens is 272 g/mol. The Labute approximate surface area is 121 Å². The summed E-state index contributed by atoms with van der Waals surface area (Å²) in [6.45, 7) is 0.972. The van der Waals surface area contributed by atoms with Crippen molar-refractivity contribution in [2.24, 2.45) is 0 Å². The van der Waals surface area contributed by atoms with Crippen molar-refractivity contribution in [2.75, 3.05) is 11.9 Å². The second-order valence-corrected chi connectivity index (χ2v) is 7.52. The van der Waals surface area contributed by atoms with Gasteiger partial charge in [0.15, 0.2) is 0 Å². The van der Waals surface area contributed by atoms with Gasteiger partial charge in [-0.1, -0.05) is 19.3 Å². The molecule has 5 heteroatoms. The second kappa shape index (κ2) is 5.74. The minimum absolute atomic E-state index is 0.114. The lowest BCUT2D eigenvalue weighted by molar-refractivity contribution is 0.412. The van der Waals surface area contributed by atoms with Crippen LogP contribution < -0.4 is 10.0 Å². The molecule has 1 heterocycles. The summed E-state index contributed by atoms with van der Waals surface area (Å²) in [6.07, 6.45) is 7.42. The zero-order valence-electron chi connectivity index (χ0n) is 11.7. The third-order valence-electron chi connectivity index (χ3n) is 4.25. The molecule has 2 N–H and O–H groups in total. The van der Waals surface area contributed by atoms with Crippen LogP contribution in [0.3, 0.4) is 0 Å². The van der Waals surface area contributed by atoms with Gasteiger partial charge in [-0.3, -0.25) is 0 Å². The summed E-state index contributed by atoms with van der Waals surface area (Å²) in [5.41, 5.74) is 2.19. The summed E-state index contributed by atoms with van der Waals surface area (Å²) in [5, 5.41) is 3.31. The van der Waals surface area contributed by atoms with Crippen molar-refractivity contribution in [1.82, 2.24) is 4.72 Å². The van der Waals surface area contributed by atoms with Crippen LogP contribution in [-0.4, -0.2) is 21.0 Å². The van der Waals surface area contributed by atoms with Gasteiger partial charge in [-0.25, -0.2) is 13.1 Å². The summed E-state index contributed by atoms with van der Waals surface area (Å²) in [6, 6.07) is 5.54. The van der Waals surface area contributed by atoms with Crippen LogP contribution in [-0.2, 0) is 16.4 Å². The van der Waals surface area contributed by atoms with E-state index in [2.05, 4.69) is 10.0 Å². The predicted octanol–water partition coefficient (Wildman–Crippen LogP) is 2.66. The molecule has 3 rings (SSSR count). The first-order chi connectivity index (χ1) is 9.65. The number of hydrogen-bond acceptors (Lipinski definition) is 3. The first-order valence-electron chi connectivity index (χ1n) is 7.54. The average molecular weight is 294 g/mol. The Morgan fingerprint density at radius 3 is 2.70 bits per heavy atom. The van der Waals surface area contributed by atoms with Gasteiger partial charge in [0.1, 0.15) is 0 Å². The first-order valence-corrected chi connectivity index (χ1v) is 9.03. The van der Waals surface area contributed by atoms with Gasteiger partial charge < -0.3 is 5.32 Å². The largest absolute Gasteiger partial charge is 0.385 e. The zero-order chi connectivity index (χ0) is 14.0. The number of hydrogen-bond donors (Lipinski definition) is 2. The number of aryl methyl sites for hydroxylation is 1. The quantitative estimate of drug-likeness (QED) is 0.901. The highest BCUT2D eigenvalue weighted by Crippen LogP contribution is 2.26. The molecule has 0 aromatic heterocycles. The second-order valence-electron chi connectivity index (χ2n) is 5.81. The maximum atomic E-state index is 12.5. The molecule has 2 aliphatic rings.